The Kier molecular flexibility index (Phi) is 12.9. The fraction of sp³-hybridized carbons (Fsp3) is 0.371. The Balaban J connectivity index is 1.81. The van der Waals surface area contributed by atoms with Gasteiger partial charge in [-0.3, -0.25) is 14.4 Å². The smallest absolute Gasteiger partial charge is 0.336 e. The molecule has 3 amide bonds. The minimum atomic E-state index is -2.03. The van der Waals surface area contributed by atoms with E-state index in [0.717, 1.165) is 16.7 Å². The predicted octanol–water partition coefficient (Wildman–Crippen LogP) is 2.97. The summed E-state index contributed by atoms with van der Waals surface area (Å²) >= 11 is 1.46. The number of hydrogen-bond acceptors (Lipinski definition) is 8. The van der Waals surface area contributed by atoms with Crippen LogP contribution in [0.15, 0.2) is 91.0 Å². The Hall–Kier alpha value is -4.19. The van der Waals surface area contributed by atoms with Crippen LogP contribution in [0, 0.1) is 0 Å². The van der Waals surface area contributed by atoms with Crippen LogP contribution in [-0.2, 0) is 28.7 Å². The molecule has 2 atom stereocenters. The largest absolute Gasteiger partial charge is 0.458 e. The first-order valence-corrected chi connectivity index (χ1v) is 16.2. The number of hydrogen-bond donors (Lipinski definition) is 5. The lowest BCUT2D eigenvalue weighted by atomic mass is 9.84. The SMILES string of the molecule is CC(C)(C)OC(=O)[C@](N)(CCCCN)C(=O)NCC(=O)N[C@@H](CSC(c1ccccc1)(c1ccccc1)c1ccccc1)C(N)=O. The van der Waals surface area contributed by atoms with Crippen LogP contribution in [0.25, 0.3) is 0 Å². The van der Waals surface area contributed by atoms with Gasteiger partial charge in [0.05, 0.1) is 11.3 Å². The summed E-state index contributed by atoms with van der Waals surface area (Å²) in [6.07, 6.45) is 0.927. The van der Waals surface area contributed by atoms with Gasteiger partial charge < -0.3 is 32.6 Å². The molecule has 10 nitrogen and oxygen atoms in total. The third-order valence-electron chi connectivity index (χ3n) is 7.29. The highest BCUT2D eigenvalue weighted by Gasteiger charge is 2.45. The molecule has 46 heavy (non-hydrogen) atoms. The van der Waals surface area contributed by atoms with Crippen LogP contribution in [0.2, 0.25) is 0 Å². The highest BCUT2D eigenvalue weighted by atomic mass is 32.2. The average molecular weight is 648 g/mol. The molecule has 0 aliphatic rings. The van der Waals surface area contributed by atoms with Gasteiger partial charge in [0.2, 0.25) is 11.8 Å². The van der Waals surface area contributed by atoms with Crippen molar-refractivity contribution in [2.24, 2.45) is 17.2 Å². The fourth-order valence-corrected chi connectivity index (χ4v) is 6.53. The van der Waals surface area contributed by atoms with E-state index < -0.39 is 52.2 Å². The van der Waals surface area contributed by atoms with Gasteiger partial charge in [0.15, 0.2) is 5.54 Å². The Morgan fingerprint density at radius 3 is 1.70 bits per heavy atom. The predicted molar refractivity (Wildman–Crippen MR) is 181 cm³/mol. The Morgan fingerprint density at radius 1 is 0.804 bits per heavy atom. The minimum absolute atomic E-state index is 0.0202. The lowest BCUT2D eigenvalue weighted by molar-refractivity contribution is -0.165. The van der Waals surface area contributed by atoms with Crippen molar-refractivity contribution in [1.29, 1.82) is 0 Å². The van der Waals surface area contributed by atoms with Crippen LogP contribution in [0.1, 0.15) is 56.7 Å². The number of rotatable bonds is 16. The van der Waals surface area contributed by atoms with Gasteiger partial charge in [-0.15, -0.1) is 11.8 Å². The van der Waals surface area contributed by atoms with Crippen LogP contribution in [0.3, 0.4) is 0 Å². The van der Waals surface area contributed by atoms with Crippen LogP contribution in [0.4, 0.5) is 0 Å². The maximum atomic E-state index is 13.2. The molecule has 0 saturated heterocycles. The zero-order valence-corrected chi connectivity index (χ0v) is 27.5. The number of unbranched alkanes of at least 4 members (excludes halogenated alkanes) is 1. The zero-order valence-electron chi connectivity index (χ0n) is 26.7. The van der Waals surface area contributed by atoms with Crippen molar-refractivity contribution < 1.29 is 23.9 Å². The van der Waals surface area contributed by atoms with Gasteiger partial charge in [0.1, 0.15) is 11.6 Å². The third kappa shape index (κ3) is 9.41. The second-order valence-electron chi connectivity index (χ2n) is 12.0. The molecule has 0 aliphatic heterocycles. The molecular weight excluding hydrogens is 602 g/mol. The number of primary amides is 1. The molecule has 8 N–H and O–H groups in total. The van der Waals surface area contributed by atoms with E-state index in [4.69, 9.17) is 21.9 Å². The van der Waals surface area contributed by atoms with Gasteiger partial charge in [-0.05, 0) is 63.3 Å². The summed E-state index contributed by atoms with van der Waals surface area (Å²) in [6, 6.07) is 28.6. The minimum Gasteiger partial charge on any atom is -0.458 e. The molecule has 0 aromatic heterocycles. The number of thioether (sulfide) groups is 1. The Morgan fingerprint density at radius 2 is 1.28 bits per heavy atom. The number of amides is 3. The van der Waals surface area contributed by atoms with E-state index >= 15 is 0 Å². The number of benzene rings is 3. The summed E-state index contributed by atoms with van der Waals surface area (Å²) in [5, 5.41) is 5.09. The highest BCUT2D eigenvalue weighted by molar-refractivity contribution is 8.00. The first-order chi connectivity index (χ1) is 21.8. The lowest BCUT2D eigenvalue weighted by Gasteiger charge is -2.36. The molecule has 0 saturated carbocycles. The standard InChI is InChI=1S/C35H45N5O5S/c1-33(2,3)45-32(44)34(38,21-13-14-22-36)31(43)39-23-29(41)40-28(30(37)42)24-46-35(25-15-7-4-8-16-25,26-17-9-5-10-18-26)27-19-11-6-12-20-27/h4-12,15-20,28H,13-14,21-24,36,38H2,1-3H3,(H2,37,42)(H,39,43)(H,40,41)/t28-,34-/m0/s1. The average Bonchev–Trinajstić information content (AvgIpc) is 3.04. The monoisotopic (exact) mass is 647 g/mol. The molecule has 0 unspecified atom stereocenters. The topological polar surface area (TPSA) is 180 Å². The highest BCUT2D eigenvalue weighted by Crippen LogP contribution is 2.48. The molecule has 3 aromatic carbocycles. The number of carbonyl (C=O) groups is 4. The van der Waals surface area contributed by atoms with Crippen molar-refractivity contribution in [2.75, 3.05) is 18.8 Å². The van der Waals surface area contributed by atoms with E-state index in [1.165, 1.54) is 11.8 Å². The maximum absolute atomic E-state index is 13.2. The summed E-state index contributed by atoms with van der Waals surface area (Å²) in [5.74, 6) is -3.06. The maximum Gasteiger partial charge on any atom is 0.336 e. The van der Waals surface area contributed by atoms with Gasteiger partial charge in [-0.25, -0.2) is 4.79 Å². The van der Waals surface area contributed by atoms with E-state index in [-0.39, 0.29) is 12.2 Å². The Bertz CT molecular complexity index is 1350. The Labute approximate surface area is 275 Å². The van der Waals surface area contributed by atoms with Crippen molar-refractivity contribution in [2.45, 2.75) is 62.0 Å². The third-order valence-corrected chi connectivity index (χ3v) is 8.93. The number of nitrogens with two attached hydrogens (primary N) is 3. The molecule has 0 fully saturated rings. The second-order valence-corrected chi connectivity index (χ2v) is 13.2. The number of ether oxygens (including phenoxy) is 1. The molecule has 0 bridgehead atoms. The summed E-state index contributed by atoms with van der Waals surface area (Å²) in [7, 11) is 0. The van der Waals surface area contributed by atoms with Crippen molar-refractivity contribution in [3.63, 3.8) is 0 Å². The molecule has 11 heteroatoms. The van der Waals surface area contributed by atoms with E-state index in [1.807, 2.05) is 91.0 Å². The van der Waals surface area contributed by atoms with E-state index in [0.29, 0.717) is 19.4 Å². The van der Waals surface area contributed by atoms with Crippen LogP contribution in [0.5, 0.6) is 0 Å². The van der Waals surface area contributed by atoms with Gasteiger partial charge in [0.25, 0.3) is 5.91 Å². The van der Waals surface area contributed by atoms with Crippen molar-refractivity contribution in [3.8, 4) is 0 Å². The lowest BCUT2D eigenvalue weighted by Crippen LogP contribution is -2.62. The van der Waals surface area contributed by atoms with Crippen LogP contribution in [-0.4, -0.2) is 59.7 Å². The van der Waals surface area contributed by atoms with Gasteiger partial charge in [-0.1, -0.05) is 91.0 Å². The van der Waals surface area contributed by atoms with E-state index in [2.05, 4.69) is 10.6 Å². The molecule has 0 radical (unpaired) electrons. The molecule has 3 rings (SSSR count). The fourth-order valence-electron chi connectivity index (χ4n) is 4.96. The van der Waals surface area contributed by atoms with Crippen molar-refractivity contribution in [1.82, 2.24) is 10.6 Å². The zero-order chi connectivity index (χ0) is 33.8. The summed E-state index contributed by atoms with van der Waals surface area (Å²) < 4.78 is 4.67. The quantitative estimate of drug-likeness (QED) is 0.0681. The van der Waals surface area contributed by atoms with Crippen molar-refractivity contribution in [3.05, 3.63) is 108 Å². The first kappa shape index (κ1) is 36.3. The van der Waals surface area contributed by atoms with Crippen molar-refractivity contribution >= 4 is 35.5 Å². The van der Waals surface area contributed by atoms with Crippen LogP contribution < -0.4 is 27.8 Å². The second kappa shape index (κ2) is 16.4. The summed E-state index contributed by atoms with van der Waals surface area (Å²) in [5.41, 5.74) is 17.7. The molecule has 0 aliphatic carbocycles. The van der Waals surface area contributed by atoms with E-state index in [9.17, 15) is 19.2 Å². The molecule has 0 heterocycles. The summed E-state index contributed by atoms with van der Waals surface area (Å²) in [4.78, 5) is 51.9. The van der Waals surface area contributed by atoms with Gasteiger partial charge >= 0.3 is 5.97 Å². The van der Waals surface area contributed by atoms with Gasteiger partial charge in [-0.2, -0.15) is 0 Å². The summed E-state index contributed by atoms with van der Waals surface area (Å²) in [6.45, 7) is 4.83. The van der Waals surface area contributed by atoms with Gasteiger partial charge in [0, 0.05) is 5.75 Å². The number of esters is 1. The first-order valence-electron chi connectivity index (χ1n) is 15.2. The van der Waals surface area contributed by atoms with Crippen LogP contribution >= 0.6 is 11.8 Å². The number of nitrogens with one attached hydrogen (secondary N) is 2. The molecule has 3 aromatic rings. The van der Waals surface area contributed by atoms with E-state index in [1.54, 1.807) is 20.8 Å². The molecule has 0 spiro atoms. The molecular formula is C35H45N5O5S. The normalized spacial score (nSPS) is 13.6. The number of carbonyl (C=O) groups excluding carboxylic acids is 4. The molecule has 246 valence electrons.